The van der Waals surface area contributed by atoms with Crippen LogP contribution in [-0.2, 0) is 4.79 Å². The normalized spacial score (nSPS) is 10.4. The second-order valence-corrected chi connectivity index (χ2v) is 6.41. The molecule has 23 heavy (non-hydrogen) atoms. The fourth-order valence-corrected chi connectivity index (χ4v) is 3.19. The summed E-state index contributed by atoms with van der Waals surface area (Å²) in [5.41, 5.74) is 2.62. The van der Waals surface area contributed by atoms with Crippen LogP contribution in [0.4, 0.5) is 5.69 Å². The third-order valence-corrected chi connectivity index (χ3v) is 4.49. The van der Waals surface area contributed by atoms with Crippen LogP contribution in [-0.4, -0.2) is 26.2 Å². The quantitative estimate of drug-likeness (QED) is 0.692. The average Bonchev–Trinajstić information content (AvgIpc) is 3.11. The van der Waals surface area contributed by atoms with Gasteiger partial charge in [0, 0.05) is 35.0 Å². The molecule has 0 aliphatic heterocycles. The highest BCUT2D eigenvalue weighted by Gasteiger charge is 2.05. The maximum atomic E-state index is 12.0. The van der Waals surface area contributed by atoms with Crippen LogP contribution in [0.5, 0.6) is 0 Å². The molecule has 0 saturated carbocycles. The zero-order valence-corrected chi connectivity index (χ0v) is 13.8. The van der Waals surface area contributed by atoms with Crippen LogP contribution >= 0.6 is 23.3 Å². The third kappa shape index (κ3) is 4.61. The zero-order chi connectivity index (χ0) is 15.9. The molecule has 0 fully saturated rings. The number of hydrogen-bond acceptors (Lipinski definition) is 6. The van der Waals surface area contributed by atoms with Gasteiger partial charge in [0.1, 0.15) is 5.69 Å². The fraction of sp³-hybridized carbons (Fsp3) is 0.125. The third-order valence-electron chi connectivity index (χ3n) is 3.04. The number of carbonyl (C=O) groups is 1. The molecule has 0 saturated heterocycles. The van der Waals surface area contributed by atoms with E-state index in [-0.39, 0.29) is 5.91 Å². The minimum absolute atomic E-state index is 0.00324. The number of aromatic nitrogens is 3. The van der Waals surface area contributed by atoms with Gasteiger partial charge in [0.05, 0.1) is 5.03 Å². The number of amides is 1. The van der Waals surface area contributed by atoms with E-state index < -0.39 is 0 Å². The molecule has 3 aromatic rings. The number of rotatable bonds is 6. The predicted octanol–water partition coefficient (Wildman–Crippen LogP) is 3.72. The van der Waals surface area contributed by atoms with Crippen LogP contribution in [0.25, 0.3) is 11.3 Å². The lowest BCUT2D eigenvalue weighted by molar-refractivity contribution is -0.115. The van der Waals surface area contributed by atoms with Gasteiger partial charge >= 0.3 is 0 Å². The molecule has 0 bridgehead atoms. The van der Waals surface area contributed by atoms with Crippen molar-refractivity contribution >= 4 is 34.9 Å². The highest BCUT2D eigenvalue weighted by atomic mass is 32.2. The van der Waals surface area contributed by atoms with Gasteiger partial charge in [-0.1, -0.05) is 22.7 Å². The molecule has 2 aromatic heterocycles. The molecule has 5 nitrogen and oxygen atoms in total. The van der Waals surface area contributed by atoms with E-state index in [4.69, 9.17) is 0 Å². The Labute approximate surface area is 142 Å². The highest BCUT2D eigenvalue weighted by molar-refractivity contribution is 7.99. The molecule has 0 aliphatic carbocycles. The van der Waals surface area contributed by atoms with Crippen molar-refractivity contribution in [2.45, 2.75) is 11.4 Å². The highest BCUT2D eigenvalue weighted by Crippen LogP contribution is 2.20. The maximum absolute atomic E-state index is 12.0. The predicted molar refractivity (Wildman–Crippen MR) is 93.6 cm³/mol. The van der Waals surface area contributed by atoms with Gasteiger partial charge in [0.25, 0.3) is 0 Å². The van der Waals surface area contributed by atoms with Gasteiger partial charge in [-0.25, -0.2) is 4.98 Å². The Kier molecular flexibility index (Phi) is 5.33. The fourth-order valence-electron chi connectivity index (χ4n) is 1.92. The molecular formula is C16H14N4OS2. The van der Waals surface area contributed by atoms with E-state index in [1.54, 1.807) is 18.0 Å². The molecule has 2 heterocycles. The summed E-state index contributed by atoms with van der Waals surface area (Å²) in [5, 5.41) is 9.74. The molecule has 3 rings (SSSR count). The van der Waals surface area contributed by atoms with Gasteiger partial charge in [-0.05, 0) is 35.8 Å². The van der Waals surface area contributed by atoms with Crippen molar-refractivity contribution in [1.82, 2.24) is 14.6 Å². The van der Waals surface area contributed by atoms with E-state index in [1.807, 2.05) is 47.8 Å². The molecule has 1 amide bonds. The summed E-state index contributed by atoms with van der Waals surface area (Å²) in [7, 11) is 0. The Hall–Kier alpha value is -2.25. The number of benzene rings is 1. The minimum Gasteiger partial charge on any atom is -0.326 e. The van der Waals surface area contributed by atoms with Crippen molar-refractivity contribution in [2.75, 3.05) is 11.1 Å². The van der Waals surface area contributed by atoms with Crippen LogP contribution in [0.15, 0.2) is 59.1 Å². The number of pyridine rings is 1. The summed E-state index contributed by atoms with van der Waals surface area (Å²) in [4.78, 5) is 16.2. The van der Waals surface area contributed by atoms with E-state index in [0.29, 0.717) is 12.2 Å². The summed E-state index contributed by atoms with van der Waals surface area (Å²) in [5.74, 6) is 0.697. The molecule has 7 heteroatoms. The summed E-state index contributed by atoms with van der Waals surface area (Å²) in [6.07, 6.45) is 2.20. The van der Waals surface area contributed by atoms with E-state index >= 15 is 0 Å². The molecule has 0 aliphatic rings. The SMILES string of the molecule is O=C(CCSc1ccccn1)Nc1ccc(-c2csnn2)cc1. The molecular weight excluding hydrogens is 328 g/mol. The maximum Gasteiger partial charge on any atom is 0.225 e. The molecule has 0 unspecified atom stereocenters. The zero-order valence-electron chi connectivity index (χ0n) is 12.2. The van der Waals surface area contributed by atoms with Gasteiger partial charge in [-0.15, -0.1) is 16.9 Å². The van der Waals surface area contributed by atoms with E-state index in [9.17, 15) is 4.79 Å². The number of hydrogen-bond donors (Lipinski definition) is 1. The lowest BCUT2D eigenvalue weighted by atomic mass is 10.1. The van der Waals surface area contributed by atoms with Crippen LogP contribution < -0.4 is 5.32 Å². The van der Waals surface area contributed by atoms with Gasteiger partial charge < -0.3 is 5.32 Å². The Balaban J connectivity index is 1.48. The standard InChI is InChI=1S/C16H14N4OS2/c21-15(8-10-22-16-3-1-2-9-17-16)18-13-6-4-12(5-7-13)14-11-23-20-19-14/h1-7,9,11H,8,10H2,(H,18,21). The van der Waals surface area contributed by atoms with Crippen molar-refractivity contribution in [2.24, 2.45) is 0 Å². The van der Waals surface area contributed by atoms with Crippen molar-refractivity contribution in [1.29, 1.82) is 0 Å². The first-order valence-corrected chi connectivity index (χ1v) is 8.85. The Morgan fingerprint density at radius 1 is 1.17 bits per heavy atom. The first-order chi connectivity index (χ1) is 11.3. The van der Waals surface area contributed by atoms with Gasteiger partial charge in [0.15, 0.2) is 0 Å². The molecule has 0 atom stereocenters. The van der Waals surface area contributed by atoms with Crippen molar-refractivity contribution in [3.63, 3.8) is 0 Å². The van der Waals surface area contributed by atoms with Crippen LogP contribution in [0.3, 0.4) is 0 Å². The minimum atomic E-state index is -0.00324. The van der Waals surface area contributed by atoms with Crippen LogP contribution in [0.2, 0.25) is 0 Å². The average molecular weight is 342 g/mol. The molecule has 0 radical (unpaired) electrons. The number of nitrogens with one attached hydrogen (secondary N) is 1. The Morgan fingerprint density at radius 2 is 2.04 bits per heavy atom. The molecule has 1 aromatic carbocycles. The second kappa shape index (κ2) is 7.85. The smallest absolute Gasteiger partial charge is 0.225 e. The second-order valence-electron chi connectivity index (χ2n) is 4.68. The first kappa shape index (κ1) is 15.6. The number of anilines is 1. The molecule has 1 N–H and O–H groups in total. The molecule has 116 valence electrons. The van der Waals surface area contributed by atoms with Crippen molar-refractivity contribution in [3.8, 4) is 11.3 Å². The lowest BCUT2D eigenvalue weighted by Gasteiger charge is -2.05. The summed E-state index contributed by atoms with van der Waals surface area (Å²) in [6.45, 7) is 0. The number of carbonyl (C=O) groups excluding carboxylic acids is 1. The van der Waals surface area contributed by atoms with Crippen molar-refractivity contribution in [3.05, 3.63) is 54.0 Å². The Morgan fingerprint density at radius 3 is 2.74 bits per heavy atom. The van der Waals surface area contributed by atoms with Crippen LogP contribution in [0.1, 0.15) is 6.42 Å². The van der Waals surface area contributed by atoms with Crippen molar-refractivity contribution < 1.29 is 4.79 Å². The van der Waals surface area contributed by atoms with Gasteiger partial charge in [-0.3, -0.25) is 4.79 Å². The van der Waals surface area contributed by atoms with E-state index in [0.717, 1.165) is 22.0 Å². The number of thioether (sulfide) groups is 1. The first-order valence-electron chi connectivity index (χ1n) is 7.02. The van der Waals surface area contributed by atoms with E-state index in [2.05, 4.69) is 19.9 Å². The topological polar surface area (TPSA) is 67.8 Å². The van der Waals surface area contributed by atoms with Gasteiger partial charge in [-0.2, -0.15) is 0 Å². The summed E-state index contributed by atoms with van der Waals surface area (Å²) >= 11 is 2.89. The largest absolute Gasteiger partial charge is 0.326 e. The monoisotopic (exact) mass is 342 g/mol. The lowest BCUT2D eigenvalue weighted by Crippen LogP contribution is -2.12. The van der Waals surface area contributed by atoms with E-state index in [1.165, 1.54) is 11.5 Å². The van der Waals surface area contributed by atoms with Gasteiger partial charge in [0.2, 0.25) is 5.91 Å². The Bertz CT molecular complexity index is 746. The summed E-state index contributed by atoms with van der Waals surface area (Å²) in [6, 6.07) is 13.4. The van der Waals surface area contributed by atoms with Crippen LogP contribution in [0, 0.1) is 0 Å². The molecule has 0 spiro atoms. The number of nitrogens with zero attached hydrogens (tertiary/aromatic N) is 3. The summed E-state index contributed by atoms with van der Waals surface area (Å²) < 4.78 is 3.84.